The minimum absolute atomic E-state index is 0.103. The van der Waals surface area contributed by atoms with Crippen LogP contribution in [0.25, 0.3) is 0 Å². The number of hydrogen-bond donors (Lipinski definition) is 2. The second-order valence-electron chi connectivity index (χ2n) is 6.50. The summed E-state index contributed by atoms with van der Waals surface area (Å²) in [5.41, 5.74) is 1.24. The summed E-state index contributed by atoms with van der Waals surface area (Å²) in [5.74, 6) is 0.610. The van der Waals surface area contributed by atoms with Crippen LogP contribution in [0.3, 0.4) is 0 Å². The highest BCUT2D eigenvalue weighted by molar-refractivity contribution is 7.09. The Morgan fingerprint density at radius 2 is 2.10 bits per heavy atom. The van der Waals surface area contributed by atoms with E-state index < -0.39 is 0 Å². The van der Waals surface area contributed by atoms with Crippen LogP contribution < -0.4 is 10.6 Å². The van der Waals surface area contributed by atoms with Crippen molar-refractivity contribution >= 4 is 17.2 Å². The van der Waals surface area contributed by atoms with Crippen LogP contribution in [0.15, 0.2) is 5.38 Å². The molecule has 0 aliphatic carbocycles. The Morgan fingerprint density at radius 1 is 1.40 bits per heavy atom. The third-order valence-electron chi connectivity index (χ3n) is 2.83. The second-order valence-corrected chi connectivity index (χ2v) is 7.44. The predicted octanol–water partition coefficient (Wildman–Crippen LogP) is 2.69. The summed E-state index contributed by atoms with van der Waals surface area (Å²) in [4.78, 5) is 16.1. The highest BCUT2D eigenvalue weighted by Gasteiger charge is 2.17. The van der Waals surface area contributed by atoms with Crippen molar-refractivity contribution in [1.82, 2.24) is 15.6 Å². The van der Waals surface area contributed by atoms with Crippen LogP contribution in [0, 0.1) is 5.92 Å². The number of aromatic nitrogens is 1. The van der Waals surface area contributed by atoms with Gasteiger partial charge in [0, 0.05) is 36.9 Å². The van der Waals surface area contributed by atoms with E-state index in [4.69, 9.17) is 0 Å². The van der Waals surface area contributed by atoms with Crippen LogP contribution in [0.2, 0.25) is 0 Å². The van der Waals surface area contributed by atoms with E-state index in [1.807, 2.05) is 0 Å². The number of carbonyl (C=O) groups excluding carboxylic acids is 1. The SMILES string of the molecule is CC(C)CNC(=O)CCNCc1nc(C(C)(C)C)cs1. The Kier molecular flexibility index (Phi) is 6.62. The summed E-state index contributed by atoms with van der Waals surface area (Å²) >= 11 is 1.68. The molecule has 0 atom stereocenters. The van der Waals surface area contributed by atoms with Crippen LogP contribution >= 0.6 is 11.3 Å². The van der Waals surface area contributed by atoms with Crippen molar-refractivity contribution in [3.63, 3.8) is 0 Å². The van der Waals surface area contributed by atoms with Gasteiger partial charge in [-0.2, -0.15) is 0 Å². The third kappa shape index (κ3) is 6.48. The molecule has 0 saturated carbocycles. The van der Waals surface area contributed by atoms with E-state index in [0.717, 1.165) is 23.8 Å². The lowest BCUT2D eigenvalue weighted by Crippen LogP contribution is -2.30. The highest BCUT2D eigenvalue weighted by Crippen LogP contribution is 2.23. The minimum Gasteiger partial charge on any atom is -0.356 e. The molecule has 1 rings (SSSR count). The van der Waals surface area contributed by atoms with Gasteiger partial charge in [0.25, 0.3) is 0 Å². The maximum atomic E-state index is 11.5. The second kappa shape index (κ2) is 7.74. The van der Waals surface area contributed by atoms with Crippen molar-refractivity contribution in [2.75, 3.05) is 13.1 Å². The van der Waals surface area contributed by atoms with Gasteiger partial charge in [0.1, 0.15) is 5.01 Å². The molecule has 0 spiro atoms. The number of hydrogen-bond acceptors (Lipinski definition) is 4. The van der Waals surface area contributed by atoms with Gasteiger partial charge >= 0.3 is 0 Å². The zero-order valence-corrected chi connectivity index (χ0v) is 14.1. The van der Waals surface area contributed by atoms with E-state index in [2.05, 4.69) is 55.6 Å². The quantitative estimate of drug-likeness (QED) is 0.761. The summed E-state index contributed by atoms with van der Waals surface area (Å²) in [7, 11) is 0. The van der Waals surface area contributed by atoms with Gasteiger partial charge < -0.3 is 10.6 Å². The van der Waals surface area contributed by atoms with Gasteiger partial charge in [0.2, 0.25) is 5.91 Å². The van der Waals surface area contributed by atoms with E-state index in [1.54, 1.807) is 11.3 Å². The Bertz CT molecular complexity index is 421. The van der Waals surface area contributed by atoms with Gasteiger partial charge in [-0.3, -0.25) is 4.79 Å². The molecule has 0 fully saturated rings. The van der Waals surface area contributed by atoms with Crippen LogP contribution in [-0.2, 0) is 16.8 Å². The summed E-state index contributed by atoms with van der Waals surface area (Å²) in [5, 5.41) is 9.38. The first-order valence-corrected chi connectivity index (χ1v) is 8.09. The molecular weight excluding hydrogens is 270 g/mol. The lowest BCUT2D eigenvalue weighted by atomic mass is 9.93. The molecule has 1 aromatic rings. The molecule has 0 unspecified atom stereocenters. The Labute approximate surface area is 126 Å². The van der Waals surface area contributed by atoms with E-state index in [9.17, 15) is 4.79 Å². The third-order valence-corrected chi connectivity index (χ3v) is 3.68. The van der Waals surface area contributed by atoms with Gasteiger partial charge in [0.15, 0.2) is 0 Å². The molecule has 0 aliphatic rings. The smallest absolute Gasteiger partial charge is 0.221 e. The Balaban J connectivity index is 2.21. The van der Waals surface area contributed by atoms with Crippen LogP contribution in [0.5, 0.6) is 0 Å². The molecule has 5 heteroatoms. The predicted molar refractivity (Wildman–Crippen MR) is 85.0 cm³/mol. The fourth-order valence-corrected chi connectivity index (χ4v) is 2.53. The Hall–Kier alpha value is -0.940. The van der Waals surface area contributed by atoms with Crippen LogP contribution in [0.1, 0.15) is 51.7 Å². The number of thiazole rings is 1. The fourth-order valence-electron chi connectivity index (χ4n) is 1.54. The van der Waals surface area contributed by atoms with E-state index in [-0.39, 0.29) is 11.3 Å². The van der Waals surface area contributed by atoms with E-state index in [0.29, 0.717) is 18.9 Å². The molecule has 0 radical (unpaired) electrons. The van der Waals surface area contributed by atoms with Gasteiger partial charge in [-0.1, -0.05) is 34.6 Å². The first kappa shape index (κ1) is 17.1. The van der Waals surface area contributed by atoms with Crippen LogP contribution in [-0.4, -0.2) is 24.0 Å². The van der Waals surface area contributed by atoms with E-state index >= 15 is 0 Å². The lowest BCUT2D eigenvalue weighted by molar-refractivity contribution is -0.121. The molecule has 4 nitrogen and oxygen atoms in total. The number of rotatable bonds is 7. The van der Waals surface area contributed by atoms with Crippen molar-refractivity contribution in [3.8, 4) is 0 Å². The molecule has 0 aliphatic heterocycles. The maximum Gasteiger partial charge on any atom is 0.221 e. The standard InChI is InChI=1S/C15H27N3OS/c1-11(2)8-17-13(19)6-7-16-9-14-18-12(10-20-14)15(3,4)5/h10-11,16H,6-9H2,1-5H3,(H,17,19). The molecule has 1 aromatic heterocycles. The lowest BCUT2D eigenvalue weighted by Gasteiger charge is -2.14. The number of nitrogens with zero attached hydrogens (tertiary/aromatic N) is 1. The maximum absolute atomic E-state index is 11.5. The largest absolute Gasteiger partial charge is 0.356 e. The normalized spacial score (nSPS) is 11.9. The zero-order chi connectivity index (χ0) is 15.2. The van der Waals surface area contributed by atoms with Gasteiger partial charge in [0.05, 0.1) is 5.69 Å². The number of amides is 1. The number of nitrogens with one attached hydrogen (secondary N) is 2. The monoisotopic (exact) mass is 297 g/mol. The van der Waals surface area contributed by atoms with Crippen LogP contribution in [0.4, 0.5) is 0 Å². The summed E-state index contributed by atoms with van der Waals surface area (Å²) in [6, 6.07) is 0. The highest BCUT2D eigenvalue weighted by atomic mass is 32.1. The molecule has 114 valence electrons. The minimum atomic E-state index is 0.103. The van der Waals surface area contributed by atoms with Crippen molar-refractivity contribution in [3.05, 3.63) is 16.1 Å². The molecule has 0 saturated heterocycles. The molecule has 20 heavy (non-hydrogen) atoms. The van der Waals surface area contributed by atoms with Crippen molar-refractivity contribution in [2.45, 2.75) is 53.0 Å². The van der Waals surface area contributed by atoms with E-state index in [1.165, 1.54) is 0 Å². The molecule has 0 aromatic carbocycles. The molecule has 0 bridgehead atoms. The van der Waals surface area contributed by atoms with Crippen molar-refractivity contribution < 1.29 is 4.79 Å². The fraction of sp³-hybridized carbons (Fsp3) is 0.733. The summed E-state index contributed by atoms with van der Waals surface area (Å²) in [6.07, 6.45) is 0.518. The zero-order valence-electron chi connectivity index (χ0n) is 13.2. The topological polar surface area (TPSA) is 54.0 Å². The average Bonchev–Trinajstić information content (AvgIpc) is 2.80. The summed E-state index contributed by atoms with van der Waals surface area (Å²) in [6.45, 7) is 12.9. The van der Waals surface area contributed by atoms with Gasteiger partial charge in [-0.25, -0.2) is 4.98 Å². The molecular formula is C15H27N3OS. The van der Waals surface area contributed by atoms with Crippen molar-refractivity contribution in [2.24, 2.45) is 5.92 Å². The molecule has 2 N–H and O–H groups in total. The summed E-state index contributed by atoms with van der Waals surface area (Å²) < 4.78 is 0. The molecule has 1 amide bonds. The Morgan fingerprint density at radius 3 is 2.65 bits per heavy atom. The van der Waals surface area contributed by atoms with Gasteiger partial charge in [-0.05, 0) is 5.92 Å². The first-order valence-electron chi connectivity index (χ1n) is 7.21. The molecule has 1 heterocycles. The van der Waals surface area contributed by atoms with Crippen molar-refractivity contribution in [1.29, 1.82) is 0 Å². The first-order chi connectivity index (χ1) is 9.29. The average molecular weight is 297 g/mol. The number of carbonyl (C=O) groups is 1. The van der Waals surface area contributed by atoms with Gasteiger partial charge in [-0.15, -0.1) is 11.3 Å².